The first-order valence-corrected chi connectivity index (χ1v) is 13.1. The Morgan fingerprint density at radius 2 is 1.98 bits per heavy atom. The second kappa shape index (κ2) is 11.6. The van der Waals surface area contributed by atoms with Crippen molar-refractivity contribution in [2.75, 3.05) is 6.61 Å². The van der Waals surface area contributed by atoms with Crippen LogP contribution in [0, 0.1) is 6.92 Å². The van der Waals surface area contributed by atoms with Crippen LogP contribution in [0.4, 0.5) is 13.2 Å². The van der Waals surface area contributed by atoms with E-state index in [2.05, 4.69) is 20.2 Å². The number of fused-ring (bicyclic) bond motifs is 1. The third kappa shape index (κ3) is 5.70. The highest BCUT2D eigenvalue weighted by Gasteiger charge is 2.34. The van der Waals surface area contributed by atoms with Crippen molar-refractivity contribution in [3.05, 3.63) is 105 Å². The van der Waals surface area contributed by atoms with Gasteiger partial charge in [-0.1, -0.05) is 23.7 Å². The van der Waals surface area contributed by atoms with Crippen LogP contribution in [0.5, 0.6) is 5.75 Å². The Bertz CT molecular complexity index is 1850. The molecule has 9 nitrogen and oxygen atoms in total. The second-order valence-electron chi connectivity index (χ2n) is 9.19. The van der Waals surface area contributed by atoms with Crippen molar-refractivity contribution in [2.24, 2.45) is 0 Å². The van der Waals surface area contributed by atoms with Crippen molar-refractivity contribution >= 4 is 28.5 Å². The SMILES string of the molecule is CCOC(=O)c1c[nH]nc1-c1cc(C)nc2c(OCc3c(Cl)ccnc3Cn3cccc(C(F)(F)F)c3=O)cccc12. The average Bonchev–Trinajstić information content (AvgIpc) is 3.43. The summed E-state index contributed by atoms with van der Waals surface area (Å²) >= 11 is 6.46. The van der Waals surface area contributed by atoms with Crippen LogP contribution in [-0.2, 0) is 24.1 Å². The molecule has 0 aliphatic heterocycles. The fraction of sp³-hybridized carbons (Fsp3) is 0.207. The van der Waals surface area contributed by atoms with E-state index < -0.39 is 23.3 Å². The molecular formula is C29H23ClF3N5O4. The number of nitrogens with one attached hydrogen (secondary N) is 1. The Hall–Kier alpha value is -4.71. The lowest BCUT2D eigenvalue weighted by Gasteiger charge is -2.16. The molecule has 0 spiro atoms. The molecule has 0 saturated carbocycles. The highest BCUT2D eigenvalue weighted by Crippen LogP contribution is 2.35. The van der Waals surface area contributed by atoms with E-state index in [0.29, 0.717) is 39.2 Å². The number of para-hydroxylation sites is 1. The van der Waals surface area contributed by atoms with Gasteiger partial charge in [-0.05, 0) is 44.2 Å². The molecule has 0 aliphatic carbocycles. The minimum absolute atomic E-state index is 0.115. The van der Waals surface area contributed by atoms with Gasteiger partial charge in [-0.25, -0.2) is 9.78 Å². The lowest BCUT2D eigenvalue weighted by Crippen LogP contribution is -2.28. The zero-order valence-electron chi connectivity index (χ0n) is 22.3. The molecule has 0 unspecified atom stereocenters. The second-order valence-corrected chi connectivity index (χ2v) is 9.60. The van der Waals surface area contributed by atoms with Gasteiger partial charge in [0.25, 0.3) is 5.56 Å². The molecule has 0 atom stereocenters. The summed E-state index contributed by atoms with van der Waals surface area (Å²) in [7, 11) is 0. The van der Waals surface area contributed by atoms with E-state index in [-0.39, 0.29) is 36.0 Å². The van der Waals surface area contributed by atoms with Gasteiger partial charge in [-0.2, -0.15) is 18.3 Å². The van der Waals surface area contributed by atoms with Gasteiger partial charge in [-0.3, -0.25) is 14.9 Å². The summed E-state index contributed by atoms with van der Waals surface area (Å²) in [5.41, 5.74) is 0.612. The largest absolute Gasteiger partial charge is 0.486 e. The minimum Gasteiger partial charge on any atom is -0.486 e. The van der Waals surface area contributed by atoms with Crippen LogP contribution in [0.2, 0.25) is 5.02 Å². The zero-order chi connectivity index (χ0) is 30.0. The molecule has 0 radical (unpaired) electrons. The monoisotopic (exact) mass is 597 g/mol. The van der Waals surface area contributed by atoms with Crippen LogP contribution in [-0.4, -0.2) is 37.3 Å². The minimum atomic E-state index is -4.79. The number of halogens is 4. The van der Waals surface area contributed by atoms with Crippen molar-refractivity contribution in [2.45, 2.75) is 33.2 Å². The van der Waals surface area contributed by atoms with Crippen molar-refractivity contribution in [3.8, 4) is 17.0 Å². The van der Waals surface area contributed by atoms with E-state index in [9.17, 15) is 22.8 Å². The molecule has 42 heavy (non-hydrogen) atoms. The van der Waals surface area contributed by atoms with Gasteiger partial charge in [0.15, 0.2) is 0 Å². The zero-order valence-corrected chi connectivity index (χ0v) is 23.1. The molecule has 0 fully saturated rings. The summed E-state index contributed by atoms with van der Waals surface area (Å²) in [4.78, 5) is 33.9. The first-order valence-electron chi connectivity index (χ1n) is 12.7. The summed E-state index contributed by atoms with van der Waals surface area (Å²) < 4.78 is 52.1. The van der Waals surface area contributed by atoms with Crippen LogP contribution in [0.15, 0.2) is 65.8 Å². The number of alkyl halides is 3. The molecule has 1 aromatic carbocycles. The molecule has 4 heterocycles. The molecule has 0 bridgehead atoms. The molecule has 4 aromatic heterocycles. The first kappa shape index (κ1) is 28.8. The molecule has 5 aromatic rings. The average molecular weight is 598 g/mol. The standard InChI is InChI=1S/C29H23ClF3N5O4/c1-3-41-28(40)19-13-35-37-25(19)18-12-16(2)36-26-17(18)6-4-8-24(26)42-15-20-22(30)9-10-34-23(20)14-38-11-5-7-21(27(38)39)29(31,32)33/h4-13H,3,14-15H2,1-2H3,(H,35,37). The number of hydrogen-bond acceptors (Lipinski definition) is 7. The van der Waals surface area contributed by atoms with E-state index >= 15 is 0 Å². The molecule has 0 amide bonds. The smallest absolute Gasteiger partial charge is 0.421 e. The number of benzene rings is 1. The number of rotatable bonds is 8. The van der Waals surface area contributed by atoms with Crippen LogP contribution >= 0.6 is 11.6 Å². The van der Waals surface area contributed by atoms with Crippen LogP contribution < -0.4 is 10.3 Å². The number of aryl methyl sites for hydroxylation is 1. The van der Waals surface area contributed by atoms with Crippen molar-refractivity contribution < 1.29 is 27.4 Å². The number of pyridine rings is 3. The Morgan fingerprint density at radius 3 is 2.74 bits per heavy atom. The van der Waals surface area contributed by atoms with Gasteiger partial charge in [-0.15, -0.1) is 0 Å². The molecular weight excluding hydrogens is 575 g/mol. The van der Waals surface area contributed by atoms with E-state index in [1.54, 1.807) is 32.0 Å². The maximum atomic E-state index is 13.3. The van der Waals surface area contributed by atoms with Crippen molar-refractivity contribution in [3.63, 3.8) is 0 Å². The molecule has 13 heteroatoms. The highest BCUT2D eigenvalue weighted by molar-refractivity contribution is 6.31. The molecule has 216 valence electrons. The summed E-state index contributed by atoms with van der Waals surface area (Å²) in [6.45, 7) is 3.34. The summed E-state index contributed by atoms with van der Waals surface area (Å²) in [6, 6.07) is 10.5. The van der Waals surface area contributed by atoms with E-state index in [0.717, 1.165) is 16.7 Å². The lowest BCUT2D eigenvalue weighted by atomic mass is 10.0. The van der Waals surface area contributed by atoms with E-state index in [1.165, 1.54) is 24.7 Å². The number of nitrogens with zero attached hydrogens (tertiary/aromatic N) is 4. The van der Waals surface area contributed by atoms with Gasteiger partial charge in [0, 0.05) is 40.8 Å². The molecule has 1 N–H and O–H groups in total. The highest BCUT2D eigenvalue weighted by atomic mass is 35.5. The normalized spacial score (nSPS) is 11.6. The van der Waals surface area contributed by atoms with E-state index in [4.69, 9.17) is 21.1 Å². The van der Waals surface area contributed by atoms with Gasteiger partial charge in [0.2, 0.25) is 0 Å². The number of aromatic amines is 1. The Balaban J connectivity index is 1.50. The lowest BCUT2D eigenvalue weighted by molar-refractivity contribution is -0.138. The first-order chi connectivity index (χ1) is 20.1. The number of H-pyrrole nitrogens is 1. The maximum absolute atomic E-state index is 13.3. The van der Waals surface area contributed by atoms with Crippen LogP contribution in [0.3, 0.4) is 0 Å². The van der Waals surface area contributed by atoms with Gasteiger partial charge in [0.1, 0.15) is 34.7 Å². The van der Waals surface area contributed by atoms with E-state index in [1.807, 2.05) is 6.07 Å². The van der Waals surface area contributed by atoms with Crippen molar-refractivity contribution in [1.82, 2.24) is 24.7 Å². The Labute approximate surface area is 241 Å². The van der Waals surface area contributed by atoms with Crippen LogP contribution in [0.1, 0.15) is 39.8 Å². The number of hydrogen-bond donors (Lipinski definition) is 1. The number of ether oxygens (including phenoxy) is 2. The summed E-state index contributed by atoms with van der Waals surface area (Å²) in [5.74, 6) is -0.136. The Kier molecular flexibility index (Phi) is 7.99. The molecule has 0 saturated heterocycles. The summed E-state index contributed by atoms with van der Waals surface area (Å²) in [5, 5.41) is 7.92. The molecule has 5 rings (SSSR count). The fourth-order valence-electron chi connectivity index (χ4n) is 4.51. The third-order valence-corrected chi connectivity index (χ3v) is 6.78. The quantitative estimate of drug-likeness (QED) is 0.219. The third-order valence-electron chi connectivity index (χ3n) is 6.43. The Morgan fingerprint density at radius 1 is 1.17 bits per heavy atom. The number of aromatic nitrogens is 5. The van der Waals surface area contributed by atoms with Gasteiger partial charge >= 0.3 is 12.1 Å². The molecule has 0 aliphatic rings. The number of carbonyl (C=O) groups excluding carboxylic acids is 1. The fourth-order valence-corrected chi connectivity index (χ4v) is 4.73. The van der Waals surface area contributed by atoms with Gasteiger partial charge in [0.05, 0.1) is 23.9 Å². The predicted molar refractivity (Wildman–Crippen MR) is 148 cm³/mol. The maximum Gasteiger partial charge on any atom is 0.421 e. The van der Waals surface area contributed by atoms with Gasteiger partial charge < -0.3 is 14.0 Å². The summed E-state index contributed by atoms with van der Waals surface area (Å²) in [6.07, 6.45) is -0.667. The van der Waals surface area contributed by atoms with Crippen LogP contribution in [0.25, 0.3) is 22.2 Å². The number of esters is 1. The van der Waals surface area contributed by atoms with Crippen molar-refractivity contribution in [1.29, 1.82) is 0 Å². The topological polar surface area (TPSA) is 112 Å². The predicted octanol–water partition coefficient (Wildman–Crippen LogP) is 5.97. The number of carbonyl (C=O) groups is 1.